The fourth-order valence-electron chi connectivity index (χ4n) is 4.01. The Labute approximate surface area is 224 Å². The molecule has 0 unspecified atom stereocenters. The minimum atomic E-state index is -3.37. The molecule has 202 valence electrons. The highest BCUT2D eigenvalue weighted by Gasteiger charge is 2.36. The number of pyridine rings is 1. The molecule has 2 N–H and O–H groups in total. The highest BCUT2D eigenvalue weighted by Crippen LogP contribution is 2.33. The number of aliphatic hydroxyl groups is 1. The molecule has 3 heterocycles. The Kier molecular flexibility index (Phi) is 7.61. The summed E-state index contributed by atoms with van der Waals surface area (Å²) in [6.07, 6.45) is 1.70. The van der Waals surface area contributed by atoms with Gasteiger partial charge in [0.15, 0.2) is 20.7 Å². The van der Waals surface area contributed by atoms with Crippen molar-refractivity contribution in [3.63, 3.8) is 0 Å². The molecule has 38 heavy (non-hydrogen) atoms. The first-order valence-electron chi connectivity index (χ1n) is 12.4. The molecule has 2 aliphatic rings. The Morgan fingerprint density at radius 3 is 2.63 bits per heavy atom. The quantitative estimate of drug-likeness (QED) is 0.283. The van der Waals surface area contributed by atoms with Gasteiger partial charge in [-0.05, 0) is 51.4 Å². The SMILES string of the molecule is C[C@H](CO)ON=C(C(=O)Nc1nc2ccc(O[C@@H]3CCN(C)C3)nc2s1)c1ccc(S(=O)(=O)C2CC2)cc1. The number of sulfone groups is 1. The topological polar surface area (TPSA) is 143 Å². The summed E-state index contributed by atoms with van der Waals surface area (Å²) in [5, 5.41) is 16.0. The van der Waals surface area contributed by atoms with E-state index in [1.807, 2.05) is 0 Å². The number of ether oxygens (including phenoxy) is 1. The monoisotopic (exact) mass is 559 g/mol. The average molecular weight is 560 g/mol. The fourth-order valence-corrected chi connectivity index (χ4v) is 6.49. The predicted molar refractivity (Wildman–Crippen MR) is 143 cm³/mol. The summed E-state index contributed by atoms with van der Waals surface area (Å²) in [4.78, 5) is 30.5. The van der Waals surface area contributed by atoms with Crippen LogP contribution in [-0.2, 0) is 19.5 Å². The van der Waals surface area contributed by atoms with Crippen LogP contribution in [0.1, 0.15) is 31.7 Å². The molecule has 0 bridgehead atoms. The average Bonchev–Trinajstić information content (AvgIpc) is 3.58. The fraction of sp³-hybridized carbons (Fsp3) is 0.440. The molecular formula is C25H29N5O6S2. The van der Waals surface area contributed by atoms with E-state index >= 15 is 0 Å². The number of amides is 1. The third-order valence-electron chi connectivity index (χ3n) is 6.30. The molecule has 1 aliphatic heterocycles. The first-order chi connectivity index (χ1) is 18.2. The number of likely N-dealkylation sites (tertiary alicyclic amines) is 1. The molecule has 3 aromatic rings. The van der Waals surface area contributed by atoms with Crippen LogP contribution in [0.15, 0.2) is 46.4 Å². The lowest BCUT2D eigenvalue weighted by Gasteiger charge is -2.12. The second-order valence-corrected chi connectivity index (χ2v) is 12.8. The summed E-state index contributed by atoms with van der Waals surface area (Å²) in [6.45, 7) is 3.14. The zero-order chi connectivity index (χ0) is 26.9. The van der Waals surface area contributed by atoms with Crippen LogP contribution in [0.4, 0.5) is 5.13 Å². The van der Waals surface area contributed by atoms with E-state index in [4.69, 9.17) is 9.57 Å². The van der Waals surface area contributed by atoms with Crippen molar-refractivity contribution in [1.29, 1.82) is 0 Å². The summed E-state index contributed by atoms with van der Waals surface area (Å²) in [6, 6.07) is 9.52. The number of nitrogens with zero attached hydrogens (tertiary/aromatic N) is 4. The van der Waals surface area contributed by atoms with Crippen molar-refractivity contribution in [3.05, 3.63) is 42.0 Å². The van der Waals surface area contributed by atoms with Crippen LogP contribution >= 0.6 is 11.3 Å². The minimum absolute atomic E-state index is 0.0812. The standard InChI is InChI=1S/C25H29N5O6S2/c1-15(14-31)36-29-22(16-3-5-18(6-4-16)38(33,34)19-7-8-19)23(32)28-25-26-20-9-10-21(27-24(20)37-25)35-17-11-12-30(2)13-17/h3-6,9-10,15,17,19,31H,7-8,11-14H2,1-2H3,(H,26,28,32)/t15-,17-/m1/s1. The number of hydrogen-bond acceptors (Lipinski definition) is 11. The molecule has 2 fully saturated rings. The number of rotatable bonds is 10. The molecular weight excluding hydrogens is 530 g/mol. The number of carbonyl (C=O) groups is 1. The van der Waals surface area contributed by atoms with Gasteiger partial charge in [0.25, 0.3) is 5.91 Å². The van der Waals surface area contributed by atoms with Crippen LogP contribution in [-0.4, -0.2) is 84.2 Å². The largest absolute Gasteiger partial charge is 0.473 e. The van der Waals surface area contributed by atoms with Gasteiger partial charge < -0.3 is 19.6 Å². The first-order valence-corrected chi connectivity index (χ1v) is 14.7. The van der Waals surface area contributed by atoms with Crippen LogP contribution in [0.25, 0.3) is 10.3 Å². The van der Waals surface area contributed by atoms with E-state index in [0.29, 0.717) is 39.8 Å². The Hall–Kier alpha value is -3.13. The molecule has 11 nitrogen and oxygen atoms in total. The van der Waals surface area contributed by atoms with Gasteiger partial charge in [-0.1, -0.05) is 28.6 Å². The molecule has 1 aromatic carbocycles. The Bertz CT molecular complexity index is 1450. The summed E-state index contributed by atoms with van der Waals surface area (Å²) in [5.74, 6) is -0.0910. The number of likely N-dealkylation sites (N-methyl/N-ethyl adjacent to an activating group) is 1. The lowest BCUT2D eigenvalue weighted by atomic mass is 10.1. The van der Waals surface area contributed by atoms with Gasteiger partial charge in [0.2, 0.25) is 5.88 Å². The maximum atomic E-state index is 13.2. The highest BCUT2D eigenvalue weighted by molar-refractivity contribution is 7.92. The van der Waals surface area contributed by atoms with Gasteiger partial charge in [-0.15, -0.1) is 0 Å². The van der Waals surface area contributed by atoms with Crippen molar-refractivity contribution in [3.8, 4) is 5.88 Å². The summed E-state index contributed by atoms with van der Waals surface area (Å²) in [7, 11) is -1.32. The predicted octanol–water partition coefficient (Wildman–Crippen LogP) is 2.45. The molecule has 0 spiro atoms. The van der Waals surface area contributed by atoms with Crippen molar-refractivity contribution in [2.24, 2.45) is 5.16 Å². The molecule has 1 amide bonds. The van der Waals surface area contributed by atoms with E-state index in [-0.39, 0.29) is 28.6 Å². The van der Waals surface area contributed by atoms with E-state index in [9.17, 15) is 18.3 Å². The number of fused-ring (bicyclic) bond motifs is 1. The van der Waals surface area contributed by atoms with Crippen LogP contribution in [0.5, 0.6) is 5.88 Å². The number of benzene rings is 1. The van der Waals surface area contributed by atoms with E-state index in [1.54, 1.807) is 19.1 Å². The Morgan fingerprint density at radius 2 is 1.97 bits per heavy atom. The van der Waals surface area contributed by atoms with E-state index < -0.39 is 21.8 Å². The third kappa shape index (κ3) is 5.96. The molecule has 0 radical (unpaired) electrons. The minimum Gasteiger partial charge on any atom is -0.473 e. The van der Waals surface area contributed by atoms with Crippen LogP contribution < -0.4 is 10.1 Å². The van der Waals surface area contributed by atoms with Gasteiger partial charge >= 0.3 is 0 Å². The third-order valence-corrected chi connectivity index (χ3v) is 9.46. The second kappa shape index (κ2) is 10.9. The number of carbonyl (C=O) groups excluding carboxylic acids is 1. The van der Waals surface area contributed by atoms with Crippen molar-refractivity contribution >= 4 is 48.3 Å². The van der Waals surface area contributed by atoms with Gasteiger partial charge in [-0.2, -0.15) is 0 Å². The molecule has 5 rings (SSSR count). The molecule has 1 saturated heterocycles. The number of nitrogens with one attached hydrogen (secondary N) is 1. The second-order valence-electron chi connectivity index (χ2n) is 9.54. The maximum absolute atomic E-state index is 13.2. The van der Waals surface area contributed by atoms with E-state index in [0.717, 1.165) is 19.5 Å². The highest BCUT2D eigenvalue weighted by atomic mass is 32.2. The molecule has 1 saturated carbocycles. The van der Waals surface area contributed by atoms with E-state index in [2.05, 4.69) is 32.4 Å². The van der Waals surface area contributed by atoms with E-state index in [1.165, 1.54) is 35.6 Å². The number of oxime groups is 1. The Balaban J connectivity index is 1.34. The van der Waals surface area contributed by atoms with Crippen molar-refractivity contribution in [1.82, 2.24) is 14.9 Å². The van der Waals surface area contributed by atoms with Crippen LogP contribution in [0.3, 0.4) is 0 Å². The van der Waals surface area contributed by atoms with Gasteiger partial charge in [0, 0.05) is 24.7 Å². The molecule has 2 atom stereocenters. The summed E-state index contributed by atoms with van der Waals surface area (Å²) >= 11 is 1.20. The number of aromatic nitrogens is 2. The zero-order valence-electron chi connectivity index (χ0n) is 21.0. The van der Waals surface area contributed by atoms with Crippen LogP contribution in [0, 0.1) is 0 Å². The van der Waals surface area contributed by atoms with Crippen molar-refractivity contribution in [2.75, 3.05) is 32.1 Å². The number of anilines is 1. The number of aliphatic hydroxyl groups excluding tert-OH is 1. The van der Waals surface area contributed by atoms with Crippen molar-refractivity contribution < 1.29 is 27.9 Å². The first kappa shape index (κ1) is 26.5. The summed E-state index contributed by atoms with van der Waals surface area (Å²) < 4.78 is 31.1. The van der Waals surface area contributed by atoms with Crippen LogP contribution in [0.2, 0.25) is 0 Å². The zero-order valence-corrected chi connectivity index (χ0v) is 22.7. The number of hydrogen-bond donors (Lipinski definition) is 2. The molecule has 2 aromatic heterocycles. The Morgan fingerprint density at radius 1 is 1.21 bits per heavy atom. The smallest absolute Gasteiger partial charge is 0.280 e. The lowest BCUT2D eigenvalue weighted by Crippen LogP contribution is -2.25. The molecule has 1 aliphatic carbocycles. The van der Waals surface area contributed by atoms with Gasteiger partial charge in [-0.25, -0.2) is 18.4 Å². The number of thiazole rings is 1. The van der Waals surface area contributed by atoms with Gasteiger partial charge in [0.05, 0.1) is 16.8 Å². The maximum Gasteiger partial charge on any atom is 0.280 e. The summed E-state index contributed by atoms with van der Waals surface area (Å²) in [5.41, 5.74) is 0.889. The normalized spacial score (nSPS) is 19.4. The van der Waals surface area contributed by atoms with Gasteiger partial charge in [0.1, 0.15) is 22.6 Å². The van der Waals surface area contributed by atoms with Gasteiger partial charge in [-0.3, -0.25) is 10.1 Å². The molecule has 13 heteroatoms. The lowest BCUT2D eigenvalue weighted by molar-refractivity contribution is -0.110. The van der Waals surface area contributed by atoms with Crippen molar-refractivity contribution in [2.45, 2.75) is 48.5 Å².